The molecule has 0 saturated heterocycles. The quantitative estimate of drug-likeness (QED) is 0.632. The van der Waals surface area contributed by atoms with Gasteiger partial charge in [-0.25, -0.2) is 9.97 Å². The fourth-order valence-electron chi connectivity index (χ4n) is 2.14. The molecular formula is C16H17ClN6O. The molecule has 0 bridgehead atoms. The second-order valence-electron chi connectivity index (χ2n) is 5.19. The number of aliphatic hydroxyl groups is 1. The molecule has 0 amide bonds. The lowest BCUT2D eigenvalue weighted by Gasteiger charge is -2.15. The van der Waals surface area contributed by atoms with Crippen molar-refractivity contribution < 1.29 is 5.11 Å². The van der Waals surface area contributed by atoms with E-state index in [1.165, 1.54) is 0 Å². The number of halogens is 1. The smallest absolute Gasteiger partial charge is 0.227 e. The van der Waals surface area contributed by atoms with Crippen LogP contribution in [0.25, 0.3) is 11.2 Å². The Labute approximate surface area is 144 Å². The van der Waals surface area contributed by atoms with Crippen LogP contribution in [0.2, 0.25) is 5.02 Å². The van der Waals surface area contributed by atoms with Crippen molar-refractivity contribution in [1.82, 2.24) is 19.9 Å². The van der Waals surface area contributed by atoms with Gasteiger partial charge < -0.3 is 15.7 Å². The van der Waals surface area contributed by atoms with Crippen LogP contribution in [0.4, 0.5) is 17.5 Å². The predicted molar refractivity (Wildman–Crippen MR) is 94.7 cm³/mol. The third kappa shape index (κ3) is 3.69. The van der Waals surface area contributed by atoms with Gasteiger partial charge in [0, 0.05) is 23.1 Å². The molecule has 8 heteroatoms. The van der Waals surface area contributed by atoms with Crippen molar-refractivity contribution in [3.8, 4) is 0 Å². The summed E-state index contributed by atoms with van der Waals surface area (Å²) in [7, 11) is 0. The zero-order chi connectivity index (χ0) is 16.9. The minimum Gasteiger partial charge on any atom is -0.394 e. The van der Waals surface area contributed by atoms with Crippen LogP contribution in [-0.4, -0.2) is 37.7 Å². The number of nitrogens with zero attached hydrogens (tertiary/aromatic N) is 4. The summed E-state index contributed by atoms with van der Waals surface area (Å²) in [4.78, 5) is 17.4. The summed E-state index contributed by atoms with van der Waals surface area (Å²) in [5.41, 5.74) is 1.86. The lowest BCUT2D eigenvalue weighted by molar-refractivity contribution is 0.271. The Kier molecular flexibility index (Phi) is 5.02. The first kappa shape index (κ1) is 16.4. The maximum absolute atomic E-state index is 9.36. The van der Waals surface area contributed by atoms with E-state index in [9.17, 15) is 5.11 Å². The maximum Gasteiger partial charge on any atom is 0.227 e. The van der Waals surface area contributed by atoms with Crippen LogP contribution in [0.3, 0.4) is 0 Å². The van der Waals surface area contributed by atoms with Crippen molar-refractivity contribution in [1.29, 1.82) is 0 Å². The maximum atomic E-state index is 9.36. The first-order valence-electron chi connectivity index (χ1n) is 7.58. The first-order valence-corrected chi connectivity index (χ1v) is 7.96. The van der Waals surface area contributed by atoms with E-state index >= 15 is 0 Å². The third-order valence-corrected chi connectivity index (χ3v) is 3.74. The molecule has 24 heavy (non-hydrogen) atoms. The molecule has 0 spiro atoms. The molecule has 0 aliphatic rings. The number of aliphatic hydroxyl groups excluding tert-OH is 1. The van der Waals surface area contributed by atoms with Crippen LogP contribution in [0.15, 0.2) is 36.7 Å². The van der Waals surface area contributed by atoms with Crippen LogP contribution in [0, 0.1) is 0 Å². The highest BCUT2D eigenvalue weighted by Crippen LogP contribution is 2.23. The van der Waals surface area contributed by atoms with Crippen LogP contribution in [0.5, 0.6) is 0 Å². The molecule has 2 heterocycles. The van der Waals surface area contributed by atoms with Gasteiger partial charge in [-0.05, 0) is 30.7 Å². The number of hydrogen-bond donors (Lipinski definition) is 3. The van der Waals surface area contributed by atoms with Crippen molar-refractivity contribution in [3.05, 3.63) is 41.7 Å². The van der Waals surface area contributed by atoms with E-state index in [2.05, 4.69) is 30.6 Å². The van der Waals surface area contributed by atoms with Gasteiger partial charge >= 0.3 is 0 Å². The molecule has 0 aliphatic heterocycles. The van der Waals surface area contributed by atoms with Crippen LogP contribution >= 0.6 is 11.6 Å². The Morgan fingerprint density at radius 1 is 1.12 bits per heavy atom. The zero-order valence-corrected chi connectivity index (χ0v) is 13.8. The van der Waals surface area contributed by atoms with Crippen LogP contribution < -0.4 is 10.6 Å². The minimum absolute atomic E-state index is 0.00167. The zero-order valence-electron chi connectivity index (χ0n) is 13.1. The molecule has 1 unspecified atom stereocenters. The molecule has 124 valence electrons. The minimum atomic E-state index is -0.123. The van der Waals surface area contributed by atoms with Gasteiger partial charge in [0.25, 0.3) is 0 Å². The highest BCUT2D eigenvalue weighted by atomic mass is 35.5. The van der Waals surface area contributed by atoms with E-state index in [0.717, 1.165) is 12.1 Å². The summed E-state index contributed by atoms with van der Waals surface area (Å²) in [6, 6.07) is 7.15. The molecule has 0 aliphatic carbocycles. The fraction of sp³-hybridized carbons (Fsp3) is 0.250. The monoisotopic (exact) mass is 344 g/mol. The number of benzene rings is 1. The summed E-state index contributed by atoms with van der Waals surface area (Å²) < 4.78 is 0. The van der Waals surface area contributed by atoms with E-state index in [1.54, 1.807) is 24.5 Å². The summed E-state index contributed by atoms with van der Waals surface area (Å²) in [6.45, 7) is 1.97. The average molecular weight is 345 g/mol. The van der Waals surface area contributed by atoms with E-state index in [4.69, 9.17) is 11.6 Å². The third-order valence-electron chi connectivity index (χ3n) is 3.49. The second kappa shape index (κ2) is 7.37. The SMILES string of the molecule is CCC(CO)Nc1nc(Nc2ccc(Cl)cc2)c2nccnc2n1. The number of anilines is 3. The molecule has 3 aromatic rings. The average Bonchev–Trinajstić information content (AvgIpc) is 2.61. The molecule has 1 aromatic carbocycles. The lowest BCUT2D eigenvalue weighted by atomic mass is 10.2. The molecule has 3 N–H and O–H groups in total. The number of nitrogens with one attached hydrogen (secondary N) is 2. The Hall–Kier alpha value is -2.51. The Morgan fingerprint density at radius 2 is 1.88 bits per heavy atom. The van der Waals surface area contributed by atoms with E-state index in [0.29, 0.717) is 28.0 Å². The highest BCUT2D eigenvalue weighted by molar-refractivity contribution is 6.30. The van der Waals surface area contributed by atoms with E-state index in [-0.39, 0.29) is 12.6 Å². The van der Waals surface area contributed by atoms with Crippen LogP contribution in [-0.2, 0) is 0 Å². The summed E-state index contributed by atoms with van der Waals surface area (Å²) >= 11 is 5.91. The second-order valence-corrected chi connectivity index (χ2v) is 5.62. The van der Waals surface area contributed by atoms with Gasteiger partial charge in [0.2, 0.25) is 5.95 Å². The highest BCUT2D eigenvalue weighted by Gasteiger charge is 2.13. The van der Waals surface area contributed by atoms with Gasteiger partial charge in [-0.1, -0.05) is 18.5 Å². The largest absolute Gasteiger partial charge is 0.394 e. The number of rotatable bonds is 6. The van der Waals surface area contributed by atoms with E-state index < -0.39 is 0 Å². The molecule has 0 radical (unpaired) electrons. The fourth-order valence-corrected chi connectivity index (χ4v) is 2.27. The Bertz CT molecular complexity index is 822. The van der Waals surface area contributed by atoms with E-state index in [1.807, 2.05) is 19.1 Å². The summed E-state index contributed by atoms with van der Waals surface area (Å²) in [5.74, 6) is 0.922. The van der Waals surface area contributed by atoms with Gasteiger partial charge in [0.15, 0.2) is 17.0 Å². The van der Waals surface area contributed by atoms with Gasteiger partial charge in [0.05, 0.1) is 12.6 Å². The van der Waals surface area contributed by atoms with Gasteiger partial charge in [-0.15, -0.1) is 0 Å². The summed E-state index contributed by atoms with van der Waals surface area (Å²) in [6.07, 6.45) is 3.92. The summed E-state index contributed by atoms with van der Waals surface area (Å²) in [5, 5.41) is 16.3. The van der Waals surface area contributed by atoms with Crippen molar-refractivity contribution in [2.24, 2.45) is 0 Å². The van der Waals surface area contributed by atoms with Gasteiger partial charge in [-0.2, -0.15) is 9.97 Å². The Morgan fingerprint density at radius 3 is 2.58 bits per heavy atom. The first-order chi connectivity index (χ1) is 11.7. The molecule has 0 fully saturated rings. The number of hydrogen-bond acceptors (Lipinski definition) is 7. The van der Waals surface area contributed by atoms with Gasteiger partial charge in [0.1, 0.15) is 0 Å². The molecule has 1 atom stereocenters. The molecule has 2 aromatic heterocycles. The number of aromatic nitrogens is 4. The molecule has 0 saturated carbocycles. The van der Waals surface area contributed by atoms with Crippen LogP contribution in [0.1, 0.15) is 13.3 Å². The topological polar surface area (TPSA) is 95.8 Å². The van der Waals surface area contributed by atoms with Crippen molar-refractivity contribution >= 4 is 40.2 Å². The lowest BCUT2D eigenvalue weighted by Crippen LogP contribution is -2.24. The molecular weight excluding hydrogens is 328 g/mol. The van der Waals surface area contributed by atoms with Crippen molar-refractivity contribution in [2.75, 3.05) is 17.2 Å². The Balaban J connectivity index is 1.99. The number of fused-ring (bicyclic) bond motifs is 1. The van der Waals surface area contributed by atoms with Gasteiger partial charge in [-0.3, -0.25) is 0 Å². The molecule has 7 nitrogen and oxygen atoms in total. The normalized spacial score (nSPS) is 12.1. The van der Waals surface area contributed by atoms with Crippen molar-refractivity contribution in [3.63, 3.8) is 0 Å². The standard InChI is InChI=1S/C16H17ClN6O/c1-2-11(9-24)21-16-22-14-13(18-7-8-19-14)15(23-16)20-12-5-3-10(17)4-6-12/h3-8,11,24H,2,9H2,1H3,(H2,19,20,21,22,23). The predicted octanol–water partition coefficient (Wildman–Crippen LogP) is 3.00. The molecule has 3 rings (SSSR count). The van der Waals surface area contributed by atoms with Crippen molar-refractivity contribution in [2.45, 2.75) is 19.4 Å².